The molecule has 0 aromatic heterocycles. The number of ether oxygens (including phenoxy) is 1. The van der Waals surface area contributed by atoms with Crippen molar-refractivity contribution in [1.82, 2.24) is 5.32 Å². The number of rotatable bonds is 3. The zero-order valence-electron chi connectivity index (χ0n) is 14.2. The van der Waals surface area contributed by atoms with Crippen LogP contribution in [0.3, 0.4) is 0 Å². The summed E-state index contributed by atoms with van der Waals surface area (Å²) in [7, 11) is 0. The van der Waals surface area contributed by atoms with E-state index in [0.717, 1.165) is 17.5 Å². The Morgan fingerprint density at radius 1 is 1.15 bits per heavy atom. The van der Waals surface area contributed by atoms with Gasteiger partial charge < -0.3 is 15.0 Å². The van der Waals surface area contributed by atoms with Crippen molar-refractivity contribution in [1.29, 1.82) is 0 Å². The number of nitrogens with zero attached hydrogens (tertiary/aromatic N) is 1. The molecule has 2 aromatic rings. The number of anilines is 1. The molecule has 0 radical (unpaired) electrons. The number of benzene rings is 2. The van der Waals surface area contributed by atoms with E-state index in [4.69, 9.17) is 4.74 Å². The van der Waals surface area contributed by atoms with Crippen LogP contribution in [0.5, 0.6) is 0 Å². The summed E-state index contributed by atoms with van der Waals surface area (Å²) in [5, 5.41) is 2.78. The summed E-state index contributed by atoms with van der Waals surface area (Å²) < 4.78 is 19.6. The van der Waals surface area contributed by atoms with Crippen LogP contribution in [0.4, 0.5) is 10.1 Å². The number of carbonyl (C=O) groups is 2. The van der Waals surface area contributed by atoms with Crippen molar-refractivity contribution in [2.24, 2.45) is 0 Å². The number of halogens is 1. The van der Waals surface area contributed by atoms with E-state index >= 15 is 0 Å². The molecular formula is C20H19FN2O3. The first-order valence-corrected chi connectivity index (χ1v) is 8.71. The molecule has 0 bridgehead atoms. The van der Waals surface area contributed by atoms with Gasteiger partial charge in [0.05, 0.1) is 12.3 Å². The van der Waals surface area contributed by atoms with Gasteiger partial charge in [0.1, 0.15) is 11.9 Å². The van der Waals surface area contributed by atoms with Crippen LogP contribution in [0, 0.1) is 5.82 Å². The van der Waals surface area contributed by atoms with Gasteiger partial charge in [-0.05, 0) is 36.1 Å². The molecule has 26 heavy (non-hydrogen) atoms. The average Bonchev–Trinajstić information content (AvgIpc) is 3.02. The fraction of sp³-hybridized carbons (Fsp3) is 0.300. The van der Waals surface area contributed by atoms with E-state index in [1.54, 1.807) is 18.2 Å². The molecule has 4 rings (SSSR count). The molecule has 1 fully saturated rings. The monoisotopic (exact) mass is 354 g/mol. The predicted octanol–water partition coefficient (Wildman–Crippen LogP) is 2.36. The number of para-hydroxylation sites is 1. The fourth-order valence-electron chi connectivity index (χ4n) is 3.58. The van der Waals surface area contributed by atoms with Crippen molar-refractivity contribution in [3.8, 4) is 0 Å². The van der Waals surface area contributed by atoms with Crippen molar-refractivity contribution < 1.29 is 18.7 Å². The molecule has 2 unspecified atom stereocenters. The van der Waals surface area contributed by atoms with Crippen LogP contribution < -0.4 is 10.2 Å². The highest BCUT2D eigenvalue weighted by Gasteiger charge is 2.37. The molecule has 2 aromatic carbocycles. The maximum atomic E-state index is 14.0. The Morgan fingerprint density at radius 2 is 1.92 bits per heavy atom. The standard InChI is InChI=1S/C20H19FN2O3/c21-15-7-3-4-8-17(15)23-11-9-16(20(23)25)22-19(24)18-14-6-2-1-5-13(14)10-12-26-18/h1-8,16,18H,9-12H2,(H,22,24). The van der Waals surface area contributed by atoms with Crippen molar-refractivity contribution in [3.63, 3.8) is 0 Å². The van der Waals surface area contributed by atoms with Gasteiger partial charge in [-0.25, -0.2) is 4.39 Å². The van der Waals surface area contributed by atoms with E-state index in [0.29, 0.717) is 19.6 Å². The zero-order chi connectivity index (χ0) is 18.1. The molecule has 0 saturated carbocycles. The first-order valence-electron chi connectivity index (χ1n) is 8.71. The first kappa shape index (κ1) is 16.7. The third-order valence-corrected chi connectivity index (χ3v) is 4.90. The van der Waals surface area contributed by atoms with Crippen LogP contribution in [0.2, 0.25) is 0 Å². The van der Waals surface area contributed by atoms with Gasteiger partial charge in [-0.15, -0.1) is 0 Å². The Hall–Kier alpha value is -2.73. The summed E-state index contributed by atoms with van der Waals surface area (Å²) in [4.78, 5) is 26.7. The molecule has 2 aliphatic heterocycles. The third-order valence-electron chi connectivity index (χ3n) is 4.90. The minimum atomic E-state index is -0.713. The summed E-state index contributed by atoms with van der Waals surface area (Å²) >= 11 is 0. The maximum absolute atomic E-state index is 14.0. The van der Waals surface area contributed by atoms with Gasteiger partial charge in [0.2, 0.25) is 5.91 Å². The number of carbonyl (C=O) groups excluding carboxylic acids is 2. The Bertz CT molecular complexity index is 854. The number of amides is 2. The Labute approximate surface area is 150 Å². The summed E-state index contributed by atoms with van der Waals surface area (Å²) in [6.07, 6.45) is 0.492. The largest absolute Gasteiger partial charge is 0.363 e. The molecule has 0 aliphatic carbocycles. The number of nitrogens with one attached hydrogen (secondary N) is 1. The van der Waals surface area contributed by atoms with E-state index < -0.39 is 18.0 Å². The molecule has 1 N–H and O–H groups in total. The van der Waals surface area contributed by atoms with Crippen molar-refractivity contribution in [2.45, 2.75) is 25.0 Å². The molecule has 5 nitrogen and oxygen atoms in total. The summed E-state index contributed by atoms with van der Waals surface area (Å²) in [5.41, 5.74) is 2.17. The second-order valence-electron chi connectivity index (χ2n) is 6.49. The Kier molecular flexibility index (Phi) is 4.42. The molecule has 1 saturated heterocycles. The zero-order valence-corrected chi connectivity index (χ0v) is 14.2. The first-order chi connectivity index (χ1) is 12.6. The normalized spacial score (nSPS) is 22.2. The van der Waals surface area contributed by atoms with Gasteiger partial charge in [-0.3, -0.25) is 9.59 Å². The van der Waals surface area contributed by atoms with Gasteiger partial charge in [0.25, 0.3) is 5.91 Å². The van der Waals surface area contributed by atoms with Crippen LogP contribution in [0.25, 0.3) is 0 Å². The molecule has 0 spiro atoms. The van der Waals surface area contributed by atoms with Crippen molar-refractivity contribution in [3.05, 3.63) is 65.5 Å². The van der Waals surface area contributed by atoms with Crippen LogP contribution in [-0.2, 0) is 20.7 Å². The summed E-state index contributed by atoms with van der Waals surface area (Å²) in [6.45, 7) is 0.835. The molecule has 2 aliphatic rings. The Morgan fingerprint density at radius 3 is 2.77 bits per heavy atom. The van der Waals surface area contributed by atoms with Gasteiger partial charge in [-0.1, -0.05) is 36.4 Å². The van der Waals surface area contributed by atoms with Crippen LogP contribution in [0.1, 0.15) is 23.7 Å². The van der Waals surface area contributed by atoms with E-state index in [2.05, 4.69) is 5.32 Å². The predicted molar refractivity (Wildman–Crippen MR) is 94.1 cm³/mol. The second-order valence-corrected chi connectivity index (χ2v) is 6.49. The van der Waals surface area contributed by atoms with Gasteiger partial charge in [-0.2, -0.15) is 0 Å². The molecule has 2 amide bonds. The second kappa shape index (κ2) is 6.88. The highest BCUT2D eigenvalue weighted by molar-refractivity contribution is 6.01. The average molecular weight is 354 g/mol. The van der Waals surface area contributed by atoms with Gasteiger partial charge in [0.15, 0.2) is 6.10 Å². The highest BCUT2D eigenvalue weighted by Crippen LogP contribution is 2.28. The molecule has 134 valence electrons. The van der Waals surface area contributed by atoms with Crippen LogP contribution in [-0.4, -0.2) is 31.0 Å². The summed E-state index contributed by atoms with van der Waals surface area (Å²) in [6, 6.07) is 13.2. The highest BCUT2D eigenvalue weighted by atomic mass is 19.1. The number of hydrogen-bond donors (Lipinski definition) is 1. The maximum Gasteiger partial charge on any atom is 0.254 e. The lowest BCUT2D eigenvalue weighted by atomic mass is 9.97. The fourth-order valence-corrected chi connectivity index (χ4v) is 3.58. The molecule has 2 atom stereocenters. The van der Waals surface area contributed by atoms with Crippen LogP contribution >= 0.6 is 0 Å². The minimum Gasteiger partial charge on any atom is -0.363 e. The summed E-state index contributed by atoms with van der Waals surface area (Å²) in [5.74, 6) is -1.07. The van der Waals surface area contributed by atoms with Crippen molar-refractivity contribution in [2.75, 3.05) is 18.1 Å². The minimum absolute atomic E-state index is 0.244. The lowest BCUT2D eigenvalue weighted by molar-refractivity contribution is -0.136. The molecular weight excluding hydrogens is 335 g/mol. The third kappa shape index (κ3) is 2.97. The van der Waals surface area contributed by atoms with E-state index in [-0.39, 0.29) is 17.5 Å². The van der Waals surface area contributed by atoms with Gasteiger partial charge in [0, 0.05) is 6.54 Å². The molecule has 2 heterocycles. The lowest BCUT2D eigenvalue weighted by Gasteiger charge is -2.26. The smallest absolute Gasteiger partial charge is 0.254 e. The van der Waals surface area contributed by atoms with Crippen LogP contribution in [0.15, 0.2) is 48.5 Å². The van der Waals surface area contributed by atoms with E-state index in [1.165, 1.54) is 11.0 Å². The number of fused-ring (bicyclic) bond motifs is 1. The number of hydrogen-bond acceptors (Lipinski definition) is 3. The quantitative estimate of drug-likeness (QED) is 0.921. The van der Waals surface area contributed by atoms with Crippen molar-refractivity contribution >= 4 is 17.5 Å². The SMILES string of the molecule is O=C(NC1CCN(c2ccccc2F)C1=O)C1OCCc2ccccc21. The Balaban J connectivity index is 1.48. The van der Waals surface area contributed by atoms with E-state index in [1.807, 2.05) is 24.3 Å². The lowest BCUT2D eigenvalue weighted by Crippen LogP contribution is -2.44. The molecule has 6 heteroatoms. The topological polar surface area (TPSA) is 58.6 Å². The van der Waals surface area contributed by atoms with Gasteiger partial charge >= 0.3 is 0 Å². The van der Waals surface area contributed by atoms with E-state index in [9.17, 15) is 14.0 Å².